The van der Waals surface area contributed by atoms with Crippen LogP contribution in [0.15, 0.2) is 40.3 Å². The average molecular weight is 218 g/mol. The zero-order valence-electron chi connectivity index (χ0n) is 8.71. The van der Waals surface area contributed by atoms with Gasteiger partial charge in [-0.3, -0.25) is 9.47 Å². The van der Waals surface area contributed by atoms with E-state index in [0.29, 0.717) is 17.5 Å². The first-order valence-corrected chi connectivity index (χ1v) is 4.95. The van der Waals surface area contributed by atoms with E-state index >= 15 is 0 Å². The average Bonchev–Trinajstić information content (AvgIpc) is 2.56. The van der Waals surface area contributed by atoms with E-state index in [1.165, 1.54) is 0 Å². The molecule has 0 bridgehead atoms. The second-order valence-corrected chi connectivity index (χ2v) is 3.48. The van der Waals surface area contributed by atoms with E-state index in [-0.39, 0.29) is 6.79 Å². The number of nitrogens with zero attached hydrogens (tertiary/aromatic N) is 2. The van der Waals surface area contributed by atoms with Gasteiger partial charge in [0.2, 0.25) is 0 Å². The molecule has 5 nitrogen and oxygen atoms in total. The smallest absolute Gasteiger partial charge is 0.356 e. The lowest BCUT2D eigenvalue weighted by Gasteiger charge is -2.34. The highest BCUT2D eigenvalue weighted by Gasteiger charge is 2.51. The number of hydrogen-bond acceptors (Lipinski definition) is 5. The lowest BCUT2D eigenvalue weighted by atomic mass is 10.3. The van der Waals surface area contributed by atoms with Crippen molar-refractivity contribution in [3.8, 4) is 5.75 Å². The second-order valence-electron chi connectivity index (χ2n) is 3.48. The molecule has 1 saturated heterocycles. The molecular weight excluding hydrogens is 208 g/mol. The van der Waals surface area contributed by atoms with Crippen molar-refractivity contribution in [1.82, 2.24) is 0 Å². The summed E-state index contributed by atoms with van der Waals surface area (Å²) in [7, 11) is 0. The lowest BCUT2D eigenvalue weighted by molar-refractivity contribution is -0.358. The number of ether oxygens (including phenoxy) is 3. The third kappa shape index (κ3) is 1.41. The third-order valence-electron chi connectivity index (χ3n) is 2.31. The summed E-state index contributed by atoms with van der Waals surface area (Å²) in [6, 6.07) is 9.35. The molecule has 0 amide bonds. The molecule has 2 aliphatic rings. The third-order valence-corrected chi connectivity index (χ3v) is 2.31. The number of amidine groups is 1. The minimum atomic E-state index is -1.13. The van der Waals surface area contributed by atoms with Gasteiger partial charge in [-0.05, 0) is 19.1 Å². The van der Waals surface area contributed by atoms with Crippen molar-refractivity contribution in [2.75, 3.05) is 6.79 Å². The van der Waals surface area contributed by atoms with Crippen molar-refractivity contribution in [3.63, 3.8) is 0 Å². The van der Waals surface area contributed by atoms with Gasteiger partial charge in [0.05, 0.1) is 0 Å². The van der Waals surface area contributed by atoms with E-state index in [1.54, 1.807) is 6.92 Å². The molecule has 5 heteroatoms. The number of aliphatic imine (C=N–C) groups is 2. The van der Waals surface area contributed by atoms with Crippen LogP contribution in [-0.4, -0.2) is 24.4 Å². The number of benzene rings is 1. The van der Waals surface area contributed by atoms with Gasteiger partial charge < -0.3 is 4.74 Å². The van der Waals surface area contributed by atoms with E-state index in [0.717, 1.165) is 0 Å². The number of rotatable bonds is 1. The fourth-order valence-corrected chi connectivity index (χ4v) is 1.55. The summed E-state index contributed by atoms with van der Waals surface area (Å²) in [4.78, 5) is 8.30. The summed E-state index contributed by atoms with van der Waals surface area (Å²) in [6.45, 7) is 1.99. The Balaban J connectivity index is 1.84. The van der Waals surface area contributed by atoms with Crippen molar-refractivity contribution >= 4 is 11.7 Å². The van der Waals surface area contributed by atoms with Crippen molar-refractivity contribution in [1.29, 1.82) is 0 Å². The van der Waals surface area contributed by atoms with Crippen LogP contribution >= 0.6 is 0 Å². The van der Waals surface area contributed by atoms with Gasteiger partial charge in [0.15, 0.2) is 6.79 Å². The van der Waals surface area contributed by atoms with E-state index in [1.807, 2.05) is 30.3 Å². The molecule has 1 fully saturated rings. The number of hydrogen-bond donors (Lipinski definition) is 0. The quantitative estimate of drug-likeness (QED) is 0.718. The molecule has 0 atom stereocenters. The summed E-state index contributed by atoms with van der Waals surface area (Å²) in [5.41, 5.74) is 0. The molecule has 0 radical (unpaired) electrons. The largest absolute Gasteiger partial charge is 0.436 e. The van der Waals surface area contributed by atoms with Crippen LogP contribution in [0, 0.1) is 0 Å². The molecule has 1 aromatic carbocycles. The SMILES string of the molecule is CC1=NC2(OCO2)C(Oc2ccccc2)=N1. The van der Waals surface area contributed by atoms with Gasteiger partial charge in [-0.25, -0.2) is 4.99 Å². The van der Waals surface area contributed by atoms with E-state index in [2.05, 4.69) is 9.98 Å². The van der Waals surface area contributed by atoms with Crippen LogP contribution < -0.4 is 4.74 Å². The molecular formula is C11H10N2O3. The monoisotopic (exact) mass is 218 g/mol. The fourth-order valence-electron chi connectivity index (χ4n) is 1.55. The Morgan fingerprint density at radius 3 is 2.62 bits per heavy atom. The maximum Gasteiger partial charge on any atom is 0.356 e. The predicted octanol–water partition coefficient (Wildman–Crippen LogP) is 1.55. The zero-order chi connectivity index (χ0) is 11.0. The molecule has 1 aromatic rings. The van der Waals surface area contributed by atoms with Gasteiger partial charge in [-0.2, -0.15) is 4.99 Å². The summed E-state index contributed by atoms with van der Waals surface area (Å²) >= 11 is 0. The molecule has 0 saturated carbocycles. The van der Waals surface area contributed by atoms with Crippen molar-refractivity contribution < 1.29 is 14.2 Å². The highest BCUT2D eigenvalue weighted by Crippen LogP contribution is 2.31. The Labute approximate surface area is 92.4 Å². The summed E-state index contributed by atoms with van der Waals surface area (Å²) < 4.78 is 16.1. The first-order chi connectivity index (χ1) is 7.78. The molecule has 1 spiro atoms. The van der Waals surface area contributed by atoms with Crippen LogP contribution in [0.2, 0.25) is 0 Å². The van der Waals surface area contributed by atoms with Gasteiger partial charge in [0.1, 0.15) is 11.6 Å². The minimum Gasteiger partial charge on any atom is -0.436 e. The normalized spacial score (nSPS) is 21.3. The molecule has 0 aliphatic carbocycles. The molecule has 0 N–H and O–H groups in total. The Hall–Kier alpha value is -1.72. The zero-order valence-corrected chi connectivity index (χ0v) is 8.71. The van der Waals surface area contributed by atoms with E-state index < -0.39 is 5.91 Å². The molecule has 82 valence electrons. The molecule has 0 aromatic heterocycles. The molecule has 2 aliphatic heterocycles. The van der Waals surface area contributed by atoms with Crippen LogP contribution in [0.1, 0.15) is 6.92 Å². The van der Waals surface area contributed by atoms with Crippen molar-refractivity contribution in [2.24, 2.45) is 9.98 Å². The van der Waals surface area contributed by atoms with Crippen LogP contribution in [-0.2, 0) is 9.47 Å². The second kappa shape index (κ2) is 3.40. The first-order valence-electron chi connectivity index (χ1n) is 4.95. The molecule has 16 heavy (non-hydrogen) atoms. The van der Waals surface area contributed by atoms with E-state index in [4.69, 9.17) is 14.2 Å². The number of para-hydroxylation sites is 1. The Kier molecular flexibility index (Phi) is 2.02. The molecule has 0 unspecified atom stereocenters. The van der Waals surface area contributed by atoms with Crippen LogP contribution in [0.5, 0.6) is 5.75 Å². The Morgan fingerprint density at radius 1 is 1.25 bits per heavy atom. The van der Waals surface area contributed by atoms with Gasteiger partial charge in [-0.1, -0.05) is 18.2 Å². The Morgan fingerprint density at radius 2 is 2.00 bits per heavy atom. The topological polar surface area (TPSA) is 52.4 Å². The Bertz CT molecular complexity index is 463. The van der Waals surface area contributed by atoms with Crippen molar-refractivity contribution in [2.45, 2.75) is 12.8 Å². The highest BCUT2D eigenvalue weighted by molar-refractivity contribution is 6.03. The van der Waals surface area contributed by atoms with Crippen LogP contribution in [0.25, 0.3) is 0 Å². The molecule has 2 heterocycles. The predicted molar refractivity (Wildman–Crippen MR) is 57.4 cm³/mol. The highest BCUT2D eigenvalue weighted by atomic mass is 16.9. The fraction of sp³-hybridized carbons (Fsp3) is 0.273. The first kappa shape index (κ1) is 9.50. The van der Waals surface area contributed by atoms with Gasteiger partial charge in [0, 0.05) is 0 Å². The van der Waals surface area contributed by atoms with Gasteiger partial charge in [0.25, 0.3) is 5.90 Å². The summed E-state index contributed by atoms with van der Waals surface area (Å²) in [6.07, 6.45) is 0. The van der Waals surface area contributed by atoms with Crippen LogP contribution in [0.4, 0.5) is 0 Å². The standard InChI is InChI=1S/C11H10N2O3/c1-8-12-10(11(13-8)14-7-15-11)16-9-5-3-2-4-6-9/h2-6H,7H2,1H3. The lowest BCUT2D eigenvalue weighted by Crippen LogP contribution is -2.52. The van der Waals surface area contributed by atoms with Gasteiger partial charge >= 0.3 is 5.91 Å². The van der Waals surface area contributed by atoms with Crippen molar-refractivity contribution in [3.05, 3.63) is 30.3 Å². The summed E-state index contributed by atoms with van der Waals surface area (Å²) in [5, 5.41) is 0. The van der Waals surface area contributed by atoms with Gasteiger partial charge in [-0.15, -0.1) is 0 Å². The maximum absolute atomic E-state index is 5.59. The van der Waals surface area contributed by atoms with Crippen LogP contribution in [0.3, 0.4) is 0 Å². The molecule has 3 rings (SSSR count). The summed E-state index contributed by atoms with van der Waals surface area (Å²) in [5.74, 6) is 0.484. The minimum absolute atomic E-state index is 0.216. The van der Waals surface area contributed by atoms with E-state index in [9.17, 15) is 0 Å². The maximum atomic E-state index is 5.59.